The molecule has 0 amide bonds. The quantitative estimate of drug-likeness (QED) is 0.802. The van der Waals surface area contributed by atoms with Gasteiger partial charge >= 0.3 is 0 Å². The third-order valence-electron chi connectivity index (χ3n) is 3.06. The second-order valence-electron chi connectivity index (χ2n) is 4.70. The lowest BCUT2D eigenvalue weighted by Gasteiger charge is -2.19. The van der Waals surface area contributed by atoms with Crippen molar-refractivity contribution in [1.82, 2.24) is 4.98 Å². The summed E-state index contributed by atoms with van der Waals surface area (Å²) in [4.78, 5) is 6.69. The van der Waals surface area contributed by atoms with E-state index in [1.165, 1.54) is 5.69 Å². The van der Waals surface area contributed by atoms with E-state index < -0.39 is 0 Å². The van der Waals surface area contributed by atoms with E-state index in [0.29, 0.717) is 0 Å². The Kier molecular flexibility index (Phi) is 4.78. The van der Waals surface area contributed by atoms with Crippen LogP contribution in [0.2, 0.25) is 0 Å². The fraction of sp³-hybridized carbons (Fsp3) is 0.312. The summed E-state index contributed by atoms with van der Waals surface area (Å²) in [6, 6.07) is 16.5. The molecular weight excluding hydrogens is 234 g/mol. The number of para-hydroxylation sites is 1. The average Bonchev–Trinajstić information content (AvgIpc) is 2.44. The Labute approximate surface area is 115 Å². The van der Waals surface area contributed by atoms with Crippen LogP contribution in [-0.2, 0) is 0 Å². The zero-order chi connectivity index (χ0) is 13.5. The first-order valence-electron chi connectivity index (χ1n) is 6.69. The van der Waals surface area contributed by atoms with Gasteiger partial charge in [-0.05, 0) is 37.6 Å². The third-order valence-corrected chi connectivity index (χ3v) is 3.06. The molecule has 0 bridgehead atoms. The second-order valence-corrected chi connectivity index (χ2v) is 4.70. The summed E-state index contributed by atoms with van der Waals surface area (Å²) in [5, 5.41) is 3.35. The van der Waals surface area contributed by atoms with E-state index in [1.807, 2.05) is 31.2 Å². The van der Waals surface area contributed by atoms with Crippen molar-refractivity contribution in [3.63, 3.8) is 0 Å². The zero-order valence-corrected chi connectivity index (χ0v) is 11.6. The minimum Gasteiger partial charge on any atom is -0.375 e. The molecule has 0 unspecified atom stereocenters. The van der Waals surface area contributed by atoms with Crippen LogP contribution in [0.15, 0.2) is 48.5 Å². The van der Waals surface area contributed by atoms with E-state index in [0.717, 1.165) is 31.0 Å². The van der Waals surface area contributed by atoms with Gasteiger partial charge in [0.25, 0.3) is 0 Å². The SMILES string of the molecule is Cc1cccc(NCCCN(C)c2ccccc2)n1. The van der Waals surface area contributed by atoms with Crippen molar-refractivity contribution in [2.75, 3.05) is 30.4 Å². The van der Waals surface area contributed by atoms with Crippen LogP contribution in [0.25, 0.3) is 0 Å². The molecule has 0 aliphatic heterocycles. The Morgan fingerprint density at radius 1 is 1.05 bits per heavy atom. The number of pyridine rings is 1. The number of nitrogens with one attached hydrogen (secondary N) is 1. The largest absolute Gasteiger partial charge is 0.375 e. The molecule has 1 aromatic heterocycles. The van der Waals surface area contributed by atoms with Crippen molar-refractivity contribution in [1.29, 1.82) is 0 Å². The molecule has 0 aliphatic carbocycles. The van der Waals surface area contributed by atoms with Gasteiger partial charge in [-0.25, -0.2) is 4.98 Å². The highest BCUT2D eigenvalue weighted by Crippen LogP contribution is 2.11. The van der Waals surface area contributed by atoms with E-state index in [1.54, 1.807) is 0 Å². The molecule has 0 fully saturated rings. The molecule has 100 valence electrons. The van der Waals surface area contributed by atoms with E-state index in [4.69, 9.17) is 0 Å². The molecule has 1 N–H and O–H groups in total. The minimum atomic E-state index is 0.938. The number of benzene rings is 1. The summed E-state index contributed by atoms with van der Waals surface area (Å²) in [5.74, 6) is 0.961. The van der Waals surface area contributed by atoms with Crippen LogP contribution in [0.3, 0.4) is 0 Å². The highest BCUT2D eigenvalue weighted by atomic mass is 15.1. The standard InChI is InChI=1S/C16H21N3/c1-14-8-6-11-16(18-14)17-12-7-13-19(2)15-9-4-3-5-10-15/h3-6,8-11H,7,12-13H2,1-2H3,(H,17,18). The molecule has 3 nitrogen and oxygen atoms in total. The Morgan fingerprint density at radius 2 is 1.84 bits per heavy atom. The number of anilines is 2. The van der Waals surface area contributed by atoms with Crippen molar-refractivity contribution in [2.45, 2.75) is 13.3 Å². The molecule has 1 heterocycles. The summed E-state index contributed by atoms with van der Waals surface area (Å²) in [7, 11) is 2.13. The summed E-state index contributed by atoms with van der Waals surface area (Å²) in [6.07, 6.45) is 1.08. The average molecular weight is 255 g/mol. The van der Waals surface area contributed by atoms with Crippen molar-refractivity contribution >= 4 is 11.5 Å². The number of aryl methyl sites for hydroxylation is 1. The Balaban J connectivity index is 1.72. The predicted octanol–water partition coefficient (Wildman–Crippen LogP) is 3.33. The summed E-state index contributed by atoms with van der Waals surface area (Å²) in [5.41, 5.74) is 2.31. The van der Waals surface area contributed by atoms with E-state index in [2.05, 4.69) is 46.5 Å². The van der Waals surface area contributed by atoms with E-state index >= 15 is 0 Å². The Bertz CT molecular complexity index is 496. The van der Waals surface area contributed by atoms with Gasteiger partial charge in [0.15, 0.2) is 0 Å². The maximum atomic E-state index is 4.42. The van der Waals surface area contributed by atoms with Crippen LogP contribution in [0, 0.1) is 6.92 Å². The van der Waals surface area contributed by atoms with Crippen LogP contribution in [-0.4, -0.2) is 25.1 Å². The molecule has 0 aliphatic rings. The predicted molar refractivity (Wildman–Crippen MR) is 81.8 cm³/mol. The van der Waals surface area contributed by atoms with Crippen molar-refractivity contribution < 1.29 is 0 Å². The van der Waals surface area contributed by atoms with Crippen LogP contribution in [0.5, 0.6) is 0 Å². The number of nitrogens with zero attached hydrogens (tertiary/aromatic N) is 2. The molecule has 0 spiro atoms. The molecule has 2 rings (SSSR count). The molecule has 19 heavy (non-hydrogen) atoms. The van der Waals surface area contributed by atoms with Gasteiger partial charge < -0.3 is 10.2 Å². The first-order chi connectivity index (χ1) is 9.25. The summed E-state index contributed by atoms with van der Waals surface area (Å²) in [6.45, 7) is 3.98. The molecule has 1 aromatic carbocycles. The smallest absolute Gasteiger partial charge is 0.126 e. The summed E-state index contributed by atoms with van der Waals surface area (Å²) >= 11 is 0. The molecule has 2 aromatic rings. The summed E-state index contributed by atoms with van der Waals surface area (Å²) < 4.78 is 0. The van der Waals surface area contributed by atoms with Crippen LogP contribution < -0.4 is 10.2 Å². The van der Waals surface area contributed by atoms with Crippen LogP contribution >= 0.6 is 0 Å². The van der Waals surface area contributed by atoms with Gasteiger partial charge in [0, 0.05) is 31.5 Å². The first-order valence-corrected chi connectivity index (χ1v) is 6.69. The second kappa shape index (κ2) is 6.78. The number of rotatable bonds is 6. The molecule has 0 saturated carbocycles. The number of aromatic nitrogens is 1. The van der Waals surface area contributed by atoms with Gasteiger partial charge in [-0.2, -0.15) is 0 Å². The molecule has 0 radical (unpaired) electrons. The normalized spacial score (nSPS) is 10.2. The maximum Gasteiger partial charge on any atom is 0.126 e. The molecule has 0 atom stereocenters. The molecule has 0 saturated heterocycles. The number of hydrogen-bond donors (Lipinski definition) is 1. The molecule has 3 heteroatoms. The van der Waals surface area contributed by atoms with Crippen molar-refractivity contribution in [3.8, 4) is 0 Å². The van der Waals surface area contributed by atoms with Gasteiger partial charge in [0.1, 0.15) is 5.82 Å². The first kappa shape index (κ1) is 13.4. The Hall–Kier alpha value is -2.03. The third kappa shape index (κ3) is 4.28. The van der Waals surface area contributed by atoms with Gasteiger partial charge in [-0.15, -0.1) is 0 Å². The van der Waals surface area contributed by atoms with Crippen LogP contribution in [0.1, 0.15) is 12.1 Å². The van der Waals surface area contributed by atoms with E-state index in [-0.39, 0.29) is 0 Å². The maximum absolute atomic E-state index is 4.42. The lowest BCUT2D eigenvalue weighted by molar-refractivity contribution is 0.814. The fourth-order valence-corrected chi connectivity index (χ4v) is 1.99. The fourth-order valence-electron chi connectivity index (χ4n) is 1.99. The molecular formula is C16H21N3. The highest BCUT2D eigenvalue weighted by Gasteiger charge is 1.99. The Morgan fingerprint density at radius 3 is 2.58 bits per heavy atom. The van der Waals surface area contributed by atoms with Crippen molar-refractivity contribution in [3.05, 3.63) is 54.2 Å². The van der Waals surface area contributed by atoms with Gasteiger partial charge in [-0.3, -0.25) is 0 Å². The lowest BCUT2D eigenvalue weighted by Crippen LogP contribution is -2.20. The number of hydrogen-bond acceptors (Lipinski definition) is 3. The van der Waals surface area contributed by atoms with Crippen LogP contribution in [0.4, 0.5) is 11.5 Å². The minimum absolute atomic E-state index is 0.938. The highest BCUT2D eigenvalue weighted by molar-refractivity contribution is 5.44. The zero-order valence-electron chi connectivity index (χ0n) is 11.6. The van der Waals surface area contributed by atoms with E-state index in [9.17, 15) is 0 Å². The van der Waals surface area contributed by atoms with Gasteiger partial charge in [0.05, 0.1) is 0 Å². The monoisotopic (exact) mass is 255 g/mol. The van der Waals surface area contributed by atoms with Crippen molar-refractivity contribution in [2.24, 2.45) is 0 Å². The van der Waals surface area contributed by atoms with Gasteiger partial charge in [0.2, 0.25) is 0 Å². The van der Waals surface area contributed by atoms with Gasteiger partial charge in [-0.1, -0.05) is 24.3 Å². The topological polar surface area (TPSA) is 28.2 Å². The lowest BCUT2D eigenvalue weighted by atomic mass is 10.3.